The van der Waals surface area contributed by atoms with Gasteiger partial charge in [0.1, 0.15) is 11.6 Å². The molecule has 0 aliphatic heterocycles. The summed E-state index contributed by atoms with van der Waals surface area (Å²) in [7, 11) is 0. The molecular formula is C17H27F2NO2. The highest BCUT2D eigenvalue weighted by atomic mass is 19.1. The molecule has 0 saturated heterocycles. The van der Waals surface area contributed by atoms with Crippen molar-refractivity contribution in [2.24, 2.45) is 0 Å². The molecule has 0 radical (unpaired) electrons. The van der Waals surface area contributed by atoms with Crippen molar-refractivity contribution in [3.63, 3.8) is 0 Å². The summed E-state index contributed by atoms with van der Waals surface area (Å²) >= 11 is 0. The van der Waals surface area contributed by atoms with Gasteiger partial charge in [0.15, 0.2) is 0 Å². The second kappa shape index (κ2) is 14.2. The van der Waals surface area contributed by atoms with Crippen LogP contribution in [0.5, 0.6) is 0 Å². The van der Waals surface area contributed by atoms with Crippen LogP contribution >= 0.6 is 0 Å². The third-order valence-electron chi connectivity index (χ3n) is 2.33. The topological polar surface area (TPSA) is 49.3 Å². The average Bonchev–Trinajstić information content (AvgIpc) is 2.53. The fourth-order valence-electron chi connectivity index (χ4n) is 1.43. The van der Waals surface area contributed by atoms with Gasteiger partial charge in [-0.15, -0.1) is 0 Å². The van der Waals surface area contributed by atoms with Crippen molar-refractivity contribution in [1.82, 2.24) is 5.32 Å². The summed E-state index contributed by atoms with van der Waals surface area (Å²) in [5.74, 6) is -1.75. The molecule has 0 bridgehead atoms. The number of rotatable bonds is 6. The smallest absolute Gasteiger partial charge is 0.246 e. The van der Waals surface area contributed by atoms with Crippen molar-refractivity contribution in [2.45, 2.75) is 47.1 Å². The maximum Gasteiger partial charge on any atom is 0.246 e. The zero-order valence-corrected chi connectivity index (χ0v) is 13.9. The molecule has 1 aromatic carbocycles. The van der Waals surface area contributed by atoms with Crippen LogP contribution in [0.1, 0.15) is 46.1 Å². The first kappa shape index (κ1) is 22.5. The van der Waals surface area contributed by atoms with Gasteiger partial charge in [-0.2, -0.15) is 0 Å². The molecule has 3 nitrogen and oxygen atoms in total. The second-order valence-electron chi connectivity index (χ2n) is 3.89. The van der Waals surface area contributed by atoms with Gasteiger partial charge < -0.3 is 10.4 Å². The maximum absolute atomic E-state index is 12.9. The number of amides is 1. The van der Waals surface area contributed by atoms with E-state index >= 15 is 0 Å². The predicted octanol–water partition coefficient (Wildman–Crippen LogP) is 3.96. The van der Waals surface area contributed by atoms with Gasteiger partial charge in [0.2, 0.25) is 5.91 Å². The number of nitrogens with one attached hydrogen (secondary N) is 1. The van der Waals surface area contributed by atoms with Crippen molar-refractivity contribution >= 4 is 5.91 Å². The Bertz CT molecular complexity index is 428. The van der Waals surface area contributed by atoms with Crippen LogP contribution in [0, 0.1) is 11.6 Å². The van der Waals surface area contributed by atoms with Crippen LogP contribution in [0.25, 0.3) is 0 Å². The summed E-state index contributed by atoms with van der Waals surface area (Å²) in [6.45, 7) is 11.6. The molecule has 2 N–H and O–H groups in total. The molecule has 0 heterocycles. The van der Waals surface area contributed by atoms with Gasteiger partial charge in [0.05, 0.1) is 0 Å². The van der Waals surface area contributed by atoms with Crippen molar-refractivity contribution in [3.8, 4) is 0 Å². The summed E-state index contributed by atoms with van der Waals surface area (Å²) in [5.41, 5.74) is 0.678. The highest BCUT2D eigenvalue weighted by molar-refractivity contribution is 5.92. The number of halogens is 2. The van der Waals surface area contributed by atoms with E-state index in [9.17, 15) is 13.6 Å². The standard InChI is InChI=1S/C13H15F2NO2.2C2H6/c1-9(3-2-4-17)13(18)16-8-10-5-11(14)7-12(15)6-10;2*1-2/h5-7,17H,1-4,8H2,(H,16,18);2*1-2H3. The minimum Gasteiger partial charge on any atom is -0.396 e. The second-order valence-corrected chi connectivity index (χ2v) is 3.89. The molecule has 1 rings (SSSR count). The predicted molar refractivity (Wildman–Crippen MR) is 86.4 cm³/mol. The molecule has 0 aliphatic rings. The van der Waals surface area contributed by atoms with Gasteiger partial charge in [-0.05, 0) is 30.5 Å². The minimum absolute atomic E-state index is 0.0125. The normalized spacial score (nSPS) is 8.86. The fraction of sp³-hybridized carbons (Fsp3) is 0.471. The third kappa shape index (κ3) is 10.0. The Morgan fingerprint density at radius 2 is 1.64 bits per heavy atom. The SMILES string of the molecule is C=C(CCCO)C(=O)NCc1cc(F)cc(F)c1.CC.CC. The largest absolute Gasteiger partial charge is 0.396 e. The summed E-state index contributed by atoms with van der Waals surface area (Å²) in [6, 6.07) is 3.07. The quantitative estimate of drug-likeness (QED) is 0.781. The molecule has 0 atom stereocenters. The number of aliphatic hydroxyl groups is 1. The van der Waals surface area contributed by atoms with Gasteiger partial charge in [-0.1, -0.05) is 34.3 Å². The molecule has 126 valence electrons. The molecule has 5 heteroatoms. The summed E-state index contributed by atoms with van der Waals surface area (Å²) < 4.78 is 25.8. The molecule has 0 aliphatic carbocycles. The zero-order valence-electron chi connectivity index (χ0n) is 13.9. The molecular weight excluding hydrogens is 288 g/mol. The van der Waals surface area contributed by atoms with E-state index in [1.165, 1.54) is 0 Å². The zero-order chi connectivity index (χ0) is 17.5. The van der Waals surface area contributed by atoms with Gasteiger partial charge >= 0.3 is 0 Å². The molecule has 0 spiro atoms. The van der Waals surface area contributed by atoms with E-state index < -0.39 is 11.6 Å². The van der Waals surface area contributed by atoms with Crippen molar-refractivity contribution in [3.05, 3.63) is 47.5 Å². The minimum atomic E-state index is -0.682. The Labute approximate surface area is 132 Å². The Kier molecular flexibility index (Phi) is 14.5. The van der Waals surface area contributed by atoms with Crippen LogP contribution < -0.4 is 5.32 Å². The van der Waals surface area contributed by atoms with Crippen molar-refractivity contribution in [2.75, 3.05) is 6.61 Å². The summed E-state index contributed by atoms with van der Waals surface area (Å²) in [6.07, 6.45) is 0.848. The van der Waals surface area contributed by atoms with E-state index in [1.54, 1.807) is 0 Å². The Morgan fingerprint density at radius 3 is 2.09 bits per heavy atom. The van der Waals surface area contributed by atoms with Gasteiger partial charge in [0.25, 0.3) is 0 Å². The summed E-state index contributed by atoms with van der Waals surface area (Å²) in [4.78, 5) is 11.5. The van der Waals surface area contributed by atoms with E-state index in [0.29, 0.717) is 24.0 Å². The molecule has 0 fully saturated rings. The van der Waals surface area contributed by atoms with Crippen LogP contribution in [-0.2, 0) is 11.3 Å². The molecule has 1 amide bonds. The van der Waals surface area contributed by atoms with Crippen molar-refractivity contribution < 1.29 is 18.7 Å². The lowest BCUT2D eigenvalue weighted by atomic mass is 10.1. The number of hydrogen-bond donors (Lipinski definition) is 2. The third-order valence-corrected chi connectivity index (χ3v) is 2.33. The lowest BCUT2D eigenvalue weighted by Crippen LogP contribution is -2.24. The van der Waals surface area contributed by atoms with Crippen LogP contribution in [0.2, 0.25) is 0 Å². The van der Waals surface area contributed by atoms with E-state index in [1.807, 2.05) is 27.7 Å². The van der Waals surface area contributed by atoms with Crippen molar-refractivity contribution in [1.29, 1.82) is 0 Å². The number of carbonyl (C=O) groups is 1. The van der Waals surface area contributed by atoms with Gasteiger partial charge in [-0.25, -0.2) is 8.78 Å². The van der Waals surface area contributed by atoms with Gasteiger partial charge in [0, 0.05) is 24.8 Å². The van der Waals surface area contributed by atoms with Gasteiger partial charge in [-0.3, -0.25) is 4.79 Å². The molecule has 0 aromatic heterocycles. The number of benzene rings is 1. The first-order valence-corrected chi connectivity index (χ1v) is 7.54. The van der Waals surface area contributed by atoms with E-state index in [0.717, 1.165) is 18.2 Å². The van der Waals surface area contributed by atoms with E-state index in [4.69, 9.17) is 5.11 Å². The molecule has 0 unspecified atom stereocenters. The van der Waals surface area contributed by atoms with Crippen LogP contribution in [0.15, 0.2) is 30.4 Å². The maximum atomic E-state index is 12.9. The van der Waals surface area contributed by atoms with Crippen LogP contribution in [-0.4, -0.2) is 17.6 Å². The molecule has 1 aromatic rings. The number of aliphatic hydroxyl groups excluding tert-OH is 1. The lowest BCUT2D eigenvalue weighted by Gasteiger charge is -2.07. The molecule has 0 saturated carbocycles. The first-order valence-electron chi connectivity index (χ1n) is 7.54. The average molecular weight is 315 g/mol. The fourth-order valence-corrected chi connectivity index (χ4v) is 1.43. The highest BCUT2D eigenvalue weighted by Gasteiger charge is 2.07. The Morgan fingerprint density at radius 1 is 1.14 bits per heavy atom. The number of carbonyl (C=O) groups excluding carboxylic acids is 1. The monoisotopic (exact) mass is 315 g/mol. The Balaban J connectivity index is 0. The van der Waals surface area contributed by atoms with E-state index in [2.05, 4.69) is 11.9 Å². The van der Waals surface area contributed by atoms with Crippen LogP contribution in [0.4, 0.5) is 8.78 Å². The number of hydrogen-bond acceptors (Lipinski definition) is 2. The molecule has 22 heavy (non-hydrogen) atoms. The first-order chi connectivity index (χ1) is 10.5. The van der Waals surface area contributed by atoms with E-state index in [-0.39, 0.29) is 19.1 Å². The lowest BCUT2D eigenvalue weighted by molar-refractivity contribution is -0.117. The van der Waals surface area contributed by atoms with Crippen LogP contribution in [0.3, 0.4) is 0 Å². The summed E-state index contributed by atoms with van der Waals surface area (Å²) in [5, 5.41) is 11.1. The Hall–Kier alpha value is -1.75. The highest BCUT2D eigenvalue weighted by Crippen LogP contribution is 2.08.